The predicted octanol–water partition coefficient (Wildman–Crippen LogP) is 3.59. The van der Waals surface area contributed by atoms with Gasteiger partial charge in [-0.25, -0.2) is 0 Å². The van der Waals surface area contributed by atoms with E-state index in [1.54, 1.807) is 18.2 Å². The van der Waals surface area contributed by atoms with Crippen LogP contribution in [0.2, 0.25) is 5.02 Å². The van der Waals surface area contributed by atoms with Crippen LogP contribution in [0.15, 0.2) is 54.6 Å². The number of carbonyl (C=O) groups is 1. The second kappa shape index (κ2) is 7.14. The number of hydrogen-bond donors (Lipinski definition) is 1. The summed E-state index contributed by atoms with van der Waals surface area (Å²) in [4.78, 5) is 14.2. The molecule has 0 heterocycles. The number of carbonyl (C=O) groups excluding carboxylic acids is 1. The predicted molar refractivity (Wildman–Crippen MR) is 88.1 cm³/mol. The third-order valence-corrected chi connectivity index (χ3v) is 3.83. The molecule has 0 saturated carbocycles. The smallest absolute Gasteiger partial charge is 0.252 e. The minimum atomic E-state index is -0.145. The van der Waals surface area contributed by atoms with Crippen LogP contribution in [-0.2, 0) is 0 Å². The number of benzene rings is 2. The van der Waals surface area contributed by atoms with E-state index in [-0.39, 0.29) is 11.9 Å². The highest BCUT2D eigenvalue weighted by Crippen LogP contribution is 2.16. The van der Waals surface area contributed by atoms with Gasteiger partial charge in [-0.05, 0) is 31.2 Å². The van der Waals surface area contributed by atoms with E-state index in [0.29, 0.717) is 17.1 Å². The number of likely N-dealkylation sites (N-methyl/N-ethyl adjacent to an activating group) is 1. The van der Waals surface area contributed by atoms with Gasteiger partial charge in [0.25, 0.3) is 5.91 Å². The van der Waals surface area contributed by atoms with E-state index in [1.807, 2.05) is 43.4 Å². The SMILES string of the molecule is C[C@@H](CNC(=O)c1ccccc1Cl)N(C)c1ccccc1. The Bertz CT molecular complexity index is 601. The van der Waals surface area contributed by atoms with Gasteiger partial charge in [-0.2, -0.15) is 0 Å². The molecule has 0 radical (unpaired) electrons. The van der Waals surface area contributed by atoms with Crippen molar-refractivity contribution in [3.8, 4) is 0 Å². The summed E-state index contributed by atoms with van der Waals surface area (Å²) in [6.45, 7) is 2.62. The number of nitrogens with zero attached hydrogens (tertiary/aromatic N) is 1. The summed E-state index contributed by atoms with van der Waals surface area (Å²) < 4.78 is 0. The monoisotopic (exact) mass is 302 g/mol. The van der Waals surface area contributed by atoms with Crippen LogP contribution in [0.4, 0.5) is 5.69 Å². The standard InChI is InChI=1S/C17H19ClN2O/c1-13(20(2)14-8-4-3-5-9-14)12-19-17(21)15-10-6-7-11-16(15)18/h3-11,13H,12H2,1-2H3,(H,19,21)/t13-/m0/s1. The van der Waals surface area contributed by atoms with Gasteiger partial charge in [0.2, 0.25) is 0 Å². The first-order valence-corrected chi connectivity index (χ1v) is 7.28. The zero-order valence-electron chi connectivity index (χ0n) is 12.2. The lowest BCUT2D eigenvalue weighted by atomic mass is 10.2. The van der Waals surface area contributed by atoms with Crippen molar-refractivity contribution in [3.63, 3.8) is 0 Å². The fourth-order valence-electron chi connectivity index (χ4n) is 2.04. The lowest BCUT2D eigenvalue weighted by Gasteiger charge is -2.27. The molecular weight excluding hydrogens is 284 g/mol. The van der Waals surface area contributed by atoms with Gasteiger partial charge in [-0.1, -0.05) is 41.9 Å². The molecule has 1 N–H and O–H groups in total. The summed E-state index contributed by atoms with van der Waals surface area (Å²) in [5.41, 5.74) is 1.63. The van der Waals surface area contributed by atoms with Crippen molar-refractivity contribution in [2.45, 2.75) is 13.0 Å². The molecule has 0 aromatic heterocycles. The van der Waals surface area contributed by atoms with Crippen molar-refractivity contribution >= 4 is 23.2 Å². The molecule has 2 rings (SSSR count). The minimum absolute atomic E-state index is 0.145. The Kier molecular flexibility index (Phi) is 5.23. The molecule has 0 aliphatic carbocycles. The zero-order valence-corrected chi connectivity index (χ0v) is 13.0. The van der Waals surface area contributed by atoms with Crippen molar-refractivity contribution < 1.29 is 4.79 Å². The quantitative estimate of drug-likeness (QED) is 0.915. The first-order chi connectivity index (χ1) is 10.1. The van der Waals surface area contributed by atoms with Crippen LogP contribution in [0.25, 0.3) is 0 Å². The summed E-state index contributed by atoms with van der Waals surface area (Å²) in [5.74, 6) is -0.145. The molecule has 0 fully saturated rings. The molecule has 1 atom stereocenters. The highest BCUT2D eigenvalue weighted by atomic mass is 35.5. The minimum Gasteiger partial charge on any atom is -0.370 e. The molecule has 1 amide bonds. The molecule has 0 saturated heterocycles. The Morgan fingerprint density at radius 1 is 1.14 bits per heavy atom. The molecule has 3 nitrogen and oxygen atoms in total. The topological polar surface area (TPSA) is 32.3 Å². The highest BCUT2D eigenvalue weighted by Gasteiger charge is 2.13. The Labute approximate surface area is 130 Å². The van der Waals surface area contributed by atoms with Crippen molar-refractivity contribution in [1.82, 2.24) is 5.32 Å². The Morgan fingerprint density at radius 3 is 2.43 bits per heavy atom. The van der Waals surface area contributed by atoms with Crippen molar-refractivity contribution in [1.29, 1.82) is 0 Å². The van der Waals surface area contributed by atoms with E-state index in [0.717, 1.165) is 5.69 Å². The van der Waals surface area contributed by atoms with E-state index in [1.165, 1.54) is 0 Å². The fourth-order valence-corrected chi connectivity index (χ4v) is 2.26. The maximum atomic E-state index is 12.1. The number of nitrogens with one attached hydrogen (secondary N) is 1. The fraction of sp³-hybridized carbons (Fsp3) is 0.235. The van der Waals surface area contributed by atoms with Crippen LogP contribution in [0, 0.1) is 0 Å². The summed E-state index contributed by atoms with van der Waals surface area (Å²) in [7, 11) is 2.02. The van der Waals surface area contributed by atoms with Gasteiger partial charge in [0.15, 0.2) is 0 Å². The molecule has 21 heavy (non-hydrogen) atoms. The van der Waals surface area contributed by atoms with Crippen LogP contribution in [0.5, 0.6) is 0 Å². The van der Waals surface area contributed by atoms with Gasteiger partial charge in [0.05, 0.1) is 10.6 Å². The molecule has 0 spiro atoms. The van der Waals surface area contributed by atoms with E-state index >= 15 is 0 Å². The Morgan fingerprint density at radius 2 is 1.76 bits per heavy atom. The van der Waals surface area contributed by atoms with Crippen molar-refractivity contribution in [3.05, 3.63) is 65.2 Å². The summed E-state index contributed by atoms with van der Waals surface area (Å²) in [6, 6.07) is 17.3. The van der Waals surface area contributed by atoms with E-state index < -0.39 is 0 Å². The van der Waals surface area contributed by atoms with Crippen LogP contribution < -0.4 is 10.2 Å². The normalized spacial score (nSPS) is 11.8. The molecule has 2 aromatic rings. The largest absolute Gasteiger partial charge is 0.370 e. The van der Waals surface area contributed by atoms with Crippen LogP contribution in [0.1, 0.15) is 17.3 Å². The molecule has 0 aliphatic heterocycles. The maximum absolute atomic E-state index is 12.1. The zero-order chi connectivity index (χ0) is 15.2. The van der Waals surface area contributed by atoms with E-state index in [2.05, 4.69) is 17.1 Å². The van der Waals surface area contributed by atoms with Gasteiger partial charge in [0.1, 0.15) is 0 Å². The number of anilines is 1. The van der Waals surface area contributed by atoms with Gasteiger partial charge < -0.3 is 10.2 Å². The van der Waals surface area contributed by atoms with E-state index in [4.69, 9.17) is 11.6 Å². The first kappa shape index (κ1) is 15.4. The molecule has 110 valence electrons. The average molecular weight is 303 g/mol. The molecule has 4 heteroatoms. The average Bonchev–Trinajstić information content (AvgIpc) is 2.52. The third-order valence-electron chi connectivity index (χ3n) is 3.50. The molecular formula is C17H19ClN2O. The van der Waals surface area contributed by atoms with Gasteiger partial charge in [-0.15, -0.1) is 0 Å². The van der Waals surface area contributed by atoms with Crippen LogP contribution in [-0.4, -0.2) is 25.5 Å². The number of rotatable bonds is 5. The summed E-state index contributed by atoms with van der Waals surface area (Å²) in [6.07, 6.45) is 0. The number of para-hydroxylation sites is 1. The summed E-state index contributed by atoms with van der Waals surface area (Å²) >= 11 is 6.02. The Hall–Kier alpha value is -2.00. The second-order valence-corrected chi connectivity index (χ2v) is 5.39. The number of hydrogen-bond acceptors (Lipinski definition) is 2. The van der Waals surface area contributed by atoms with Crippen molar-refractivity contribution in [2.24, 2.45) is 0 Å². The molecule has 0 aliphatic rings. The Balaban J connectivity index is 1.94. The lowest BCUT2D eigenvalue weighted by Crippen LogP contribution is -2.40. The number of halogens is 1. The van der Waals surface area contributed by atoms with Gasteiger partial charge in [0, 0.05) is 25.3 Å². The molecule has 2 aromatic carbocycles. The second-order valence-electron chi connectivity index (χ2n) is 4.99. The van der Waals surface area contributed by atoms with Crippen LogP contribution in [0.3, 0.4) is 0 Å². The van der Waals surface area contributed by atoms with Crippen molar-refractivity contribution in [2.75, 3.05) is 18.5 Å². The van der Waals surface area contributed by atoms with Gasteiger partial charge in [-0.3, -0.25) is 4.79 Å². The summed E-state index contributed by atoms with van der Waals surface area (Å²) in [5, 5.41) is 3.40. The molecule has 0 unspecified atom stereocenters. The molecule has 0 bridgehead atoms. The maximum Gasteiger partial charge on any atom is 0.252 e. The first-order valence-electron chi connectivity index (χ1n) is 6.90. The van der Waals surface area contributed by atoms with Crippen LogP contribution >= 0.6 is 11.6 Å². The number of amides is 1. The van der Waals surface area contributed by atoms with Gasteiger partial charge >= 0.3 is 0 Å². The highest BCUT2D eigenvalue weighted by molar-refractivity contribution is 6.33. The van der Waals surface area contributed by atoms with E-state index in [9.17, 15) is 4.79 Å². The lowest BCUT2D eigenvalue weighted by molar-refractivity contribution is 0.0952. The third kappa shape index (κ3) is 3.99.